The molecule has 1 aliphatic heterocycles. The van der Waals surface area contributed by atoms with Gasteiger partial charge in [0.1, 0.15) is 11.4 Å². The van der Waals surface area contributed by atoms with Gasteiger partial charge in [-0.1, -0.05) is 158 Å². The molecular weight excluding hydrogens is 733 g/mol. The van der Waals surface area contributed by atoms with Crippen LogP contribution in [0.2, 0.25) is 0 Å². The molecule has 0 amide bonds. The van der Waals surface area contributed by atoms with E-state index in [-0.39, 0.29) is 6.17 Å². The molecule has 12 aromatic rings. The van der Waals surface area contributed by atoms with E-state index >= 15 is 0 Å². The van der Waals surface area contributed by atoms with Crippen molar-refractivity contribution in [2.75, 3.05) is 0 Å². The third-order valence-electron chi connectivity index (χ3n) is 12.5. The number of fused-ring (bicyclic) bond motifs is 11. The summed E-state index contributed by atoms with van der Waals surface area (Å²) in [6.07, 6.45) is -0.784. The van der Waals surface area contributed by atoms with E-state index in [1.165, 1.54) is 43.1 Å². The Bertz CT molecular complexity index is 3760. The molecule has 0 fully saturated rings. The monoisotopic (exact) mass is 767 g/mol. The second-order valence-corrected chi connectivity index (χ2v) is 16.0. The Labute approximate surface area is 344 Å². The van der Waals surface area contributed by atoms with Gasteiger partial charge in [-0.2, -0.15) is 0 Å². The van der Waals surface area contributed by atoms with Crippen LogP contribution >= 0.6 is 0 Å². The van der Waals surface area contributed by atoms with Crippen LogP contribution in [0.1, 0.15) is 29.0 Å². The highest BCUT2D eigenvalue weighted by atomic mass is 16.3. The van der Waals surface area contributed by atoms with E-state index in [1.807, 2.05) is 0 Å². The molecule has 3 heterocycles. The Morgan fingerprint density at radius 3 is 1.80 bits per heavy atom. The summed E-state index contributed by atoms with van der Waals surface area (Å²) in [5.41, 5.74) is 8.01. The number of benzene rings is 10. The minimum atomic E-state index is -0.439. The van der Waals surface area contributed by atoms with Gasteiger partial charge in [0.05, 0.1) is 16.7 Å². The van der Waals surface area contributed by atoms with E-state index in [2.05, 4.69) is 204 Å². The number of hydrogen-bond donors (Lipinski definition) is 1. The van der Waals surface area contributed by atoms with Crippen molar-refractivity contribution in [2.24, 2.45) is 4.99 Å². The largest absolute Gasteiger partial charge is 0.613 e. The van der Waals surface area contributed by atoms with Crippen LogP contribution < -0.4 is 5.32 Å². The lowest BCUT2D eigenvalue weighted by atomic mass is 10.0. The fourth-order valence-corrected chi connectivity index (χ4v) is 9.54. The highest BCUT2D eigenvalue weighted by molar-refractivity contribution is 6.20. The summed E-state index contributed by atoms with van der Waals surface area (Å²) >= 11 is 0. The van der Waals surface area contributed by atoms with Crippen LogP contribution in [0.5, 0.6) is 0 Å². The Hall–Kier alpha value is -7.73. The molecule has 13 rings (SSSR count). The van der Waals surface area contributed by atoms with Crippen LogP contribution in [0.4, 0.5) is 0 Å². The number of hydrogen-bond acceptors (Lipinski definition) is 3. The average Bonchev–Trinajstić information content (AvgIpc) is 3.85. The van der Waals surface area contributed by atoms with Gasteiger partial charge in [-0.25, -0.2) is 0 Å². The van der Waals surface area contributed by atoms with Crippen molar-refractivity contribution in [3.8, 4) is 5.69 Å². The fourth-order valence-electron chi connectivity index (χ4n) is 9.54. The van der Waals surface area contributed by atoms with E-state index < -0.39 is 6.17 Å². The van der Waals surface area contributed by atoms with Gasteiger partial charge in [-0.05, 0) is 97.6 Å². The quantitative estimate of drug-likeness (QED) is 0.194. The number of nitrogens with one attached hydrogen (secondary N) is 1. The molecule has 2 unspecified atom stereocenters. The lowest BCUT2D eigenvalue weighted by Crippen LogP contribution is -2.34. The van der Waals surface area contributed by atoms with Crippen molar-refractivity contribution >= 4 is 92.7 Å². The molecule has 0 saturated heterocycles. The molecule has 2 aromatic heterocycles. The van der Waals surface area contributed by atoms with Gasteiger partial charge >= 0.3 is 0 Å². The molecule has 1 aliphatic rings. The highest BCUT2D eigenvalue weighted by Gasteiger charge is 2.24. The van der Waals surface area contributed by atoms with Crippen molar-refractivity contribution in [3.05, 3.63) is 216 Å². The fraction of sp³-hybridized carbons (Fsp3) is 0.0364. The number of rotatable bonds is 4. The predicted molar refractivity (Wildman–Crippen MR) is 249 cm³/mol. The van der Waals surface area contributed by atoms with Crippen molar-refractivity contribution in [1.82, 2.24) is 9.88 Å². The van der Waals surface area contributed by atoms with Crippen LogP contribution in [-0.2, 0) is 0 Å². The smallest absolute Gasteiger partial charge is 0.159 e. The van der Waals surface area contributed by atoms with Crippen LogP contribution in [-0.4, -0.2) is 10.4 Å². The maximum atomic E-state index is 7.11. The third kappa shape index (κ3) is 5.13. The number of furan rings is 1. The number of aromatic nitrogens is 1. The Morgan fingerprint density at radius 2 is 1.03 bits per heavy atom. The Balaban J connectivity index is 1.09. The van der Waals surface area contributed by atoms with Crippen molar-refractivity contribution < 1.29 is 4.42 Å². The Morgan fingerprint density at radius 1 is 0.433 bits per heavy atom. The third-order valence-corrected chi connectivity index (χ3v) is 12.5. The zero-order valence-electron chi connectivity index (χ0n) is 32.4. The summed E-state index contributed by atoms with van der Waals surface area (Å²) in [6, 6.07) is 69.6. The predicted octanol–water partition coefficient (Wildman–Crippen LogP) is 14.4. The first-order valence-electron chi connectivity index (χ1n) is 20.5. The summed E-state index contributed by atoms with van der Waals surface area (Å²) in [7, 11) is 0. The first kappa shape index (κ1) is 33.3. The van der Waals surface area contributed by atoms with Gasteiger partial charge in [0.15, 0.2) is 5.58 Å². The lowest BCUT2D eigenvalue weighted by Gasteiger charge is -2.44. The minimum Gasteiger partial charge on any atom is -0.613 e. The summed E-state index contributed by atoms with van der Waals surface area (Å²) in [5, 5.41) is 23.1. The number of amidine groups is 1. The Kier molecular flexibility index (Phi) is 7.14. The maximum Gasteiger partial charge on any atom is 0.159 e. The van der Waals surface area contributed by atoms with E-state index in [1.54, 1.807) is 0 Å². The van der Waals surface area contributed by atoms with Crippen molar-refractivity contribution in [2.45, 2.75) is 12.3 Å². The van der Waals surface area contributed by atoms with E-state index in [4.69, 9.17) is 14.7 Å². The first-order chi connectivity index (χ1) is 29.7. The molecular formula is C55H35N4O-. The van der Waals surface area contributed by atoms with Crippen LogP contribution in [0.25, 0.3) is 97.8 Å². The second-order valence-electron chi connectivity index (χ2n) is 16.0. The SMILES string of the molecule is c1ccc2cc(C3N=C(c4cc(-n5c6ccccc6c6cc7ccccc7cc65)c5oc6c7ccccc7ccc6c5c4)NC(c4ccc5ccccc5c4)[N-]3)ccc2c1. The van der Waals surface area contributed by atoms with Crippen LogP contribution in [0, 0.1) is 0 Å². The molecule has 10 aromatic carbocycles. The van der Waals surface area contributed by atoms with Gasteiger partial charge in [-0.15, -0.1) is 0 Å². The van der Waals surface area contributed by atoms with Gasteiger partial charge in [0.2, 0.25) is 0 Å². The van der Waals surface area contributed by atoms with Crippen LogP contribution in [0.3, 0.4) is 0 Å². The molecule has 2 atom stereocenters. The van der Waals surface area contributed by atoms with Gasteiger partial charge in [0.25, 0.3) is 0 Å². The van der Waals surface area contributed by atoms with Crippen molar-refractivity contribution in [1.29, 1.82) is 0 Å². The van der Waals surface area contributed by atoms with Gasteiger partial charge in [-0.3, -0.25) is 4.99 Å². The lowest BCUT2D eigenvalue weighted by molar-refractivity contribution is 0.632. The molecule has 0 spiro atoms. The molecule has 5 nitrogen and oxygen atoms in total. The topological polar surface area (TPSA) is 56.6 Å². The maximum absolute atomic E-state index is 7.11. The van der Waals surface area contributed by atoms with Crippen LogP contribution in [0.15, 0.2) is 204 Å². The zero-order valence-corrected chi connectivity index (χ0v) is 32.4. The summed E-state index contributed by atoms with van der Waals surface area (Å²) in [6.45, 7) is 0. The average molecular weight is 768 g/mol. The molecule has 60 heavy (non-hydrogen) atoms. The molecule has 0 saturated carbocycles. The molecule has 0 aliphatic carbocycles. The molecule has 0 radical (unpaired) electrons. The number of aliphatic imine (C=N–C) groups is 1. The normalized spacial score (nSPS) is 15.8. The molecule has 282 valence electrons. The standard InChI is InChI=1S/C55H35N4O/c1-3-14-36-27-40(23-21-33(36)11-1)53-56-54(41-24-22-34-12-2-4-15-37(34)28-41)58-55(57-53)42-30-47-45-26-25-35-13-7-8-18-43(35)51(45)60-52(47)50(32-42)59-48-20-10-9-19-44(48)46-29-38-16-5-6-17-39(38)31-49(46)59/h1-32,53-54H,(H,57,58)/q-1. The molecule has 0 bridgehead atoms. The second kappa shape index (κ2) is 12.9. The highest BCUT2D eigenvalue weighted by Crippen LogP contribution is 2.43. The minimum absolute atomic E-state index is 0.345. The summed E-state index contributed by atoms with van der Waals surface area (Å²) < 4.78 is 9.50. The number of para-hydroxylation sites is 1. The summed E-state index contributed by atoms with van der Waals surface area (Å²) in [4.78, 5) is 5.48. The zero-order chi connectivity index (χ0) is 39.3. The van der Waals surface area contributed by atoms with E-state index in [0.717, 1.165) is 72.0 Å². The number of nitrogens with zero attached hydrogens (tertiary/aromatic N) is 3. The van der Waals surface area contributed by atoms with Gasteiger partial charge < -0.3 is 19.6 Å². The van der Waals surface area contributed by atoms with Gasteiger partial charge in [0, 0.05) is 32.5 Å². The molecule has 1 N–H and O–H groups in total. The summed E-state index contributed by atoms with van der Waals surface area (Å²) in [5.74, 6) is 0.783. The molecule has 5 heteroatoms. The van der Waals surface area contributed by atoms with E-state index in [0.29, 0.717) is 0 Å². The van der Waals surface area contributed by atoms with Crippen molar-refractivity contribution in [3.63, 3.8) is 0 Å². The first-order valence-corrected chi connectivity index (χ1v) is 20.5. The van der Waals surface area contributed by atoms with E-state index in [9.17, 15) is 0 Å².